The molecule has 120 valence electrons. The molecule has 0 spiro atoms. The van der Waals surface area contributed by atoms with Crippen LogP contribution in [0.15, 0.2) is 24.3 Å². The van der Waals surface area contributed by atoms with E-state index in [4.69, 9.17) is 9.84 Å². The quantitative estimate of drug-likeness (QED) is 0.847. The van der Waals surface area contributed by atoms with E-state index in [9.17, 15) is 9.59 Å². The summed E-state index contributed by atoms with van der Waals surface area (Å²) in [6, 6.07) is 6.98. The zero-order valence-electron chi connectivity index (χ0n) is 13.0. The molecule has 2 atom stereocenters. The van der Waals surface area contributed by atoms with E-state index in [1.54, 1.807) is 24.3 Å². The summed E-state index contributed by atoms with van der Waals surface area (Å²) in [6.45, 7) is 4.80. The Balaban J connectivity index is 1.86. The molecule has 0 aromatic heterocycles. The molecule has 22 heavy (non-hydrogen) atoms. The molecule has 0 bridgehead atoms. The number of aliphatic carboxylic acids is 1. The van der Waals surface area contributed by atoms with Gasteiger partial charge in [0.15, 0.2) is 0 Å². The van der Waals surface area contributed by atoms with Gasteiger partial charge in [-0.2, -0.15) is 0 Å². The van der Waals surface area contributed by atoms with Crippen molar-refractivity contribution < 1.29 is 19.4 Å². The summed E-state index contributed by atoms with van der Waals surface area (Å²) in [5.41, 5.74) is 0.565. The van der Waals surface area contributed by atoms with Crippen LogP contribution >= 0.6 is 0 Å². The molecule has 5 heteroatoms. The Morgan fingerprint density at radius 3 is 2.50 bits per heavy atom. The molecule has 1 aliphatic rings. The second kappa shape index (κ2) is 7.29. The van der Waals surface area contributed by atoms with Gasteiger partial charge in [-0.1, -0.05) is 13.8 Å². The zero-order valence-corrected chi connectivity index (χ0v) is 13.0. The Labute approximate surface area is 130 Å². The van der Waals surface area contributed by atoms with Crippen LogP contribution < -0.4 is 10.1 Å². The highest BCUT2D eigenvalue weighted by Crippen LogP contribution is 2.26. The van der Waals surface area contributed by atoms with Crippen LogP contribution in [0.5, 0.6) is 5.75 Å². The maximum atomic E-state index is 12.2. The lowest BCUT2D eigenvalue weighted by atomic mass is 10.1. The van der Waals surface area contributed by atoms with Crippen molar-refractivity contribution >= 4 is 11.9 Å². The number of hydrogen-bond donors (Lipinski definition) is 2. The topological polar surface area (TPSA) is 75.6 Å². The maximum absolute atomic E-state index is 12.2. The first-order chi connectivity index (χ1) is 10.5. The maximum Gasteiger partial charge on any atom is 0.306 e. The second-order valence-electron chi connectivity index (χ2n) is 6.25. The van der Waals surface area contributed by atoms with E-state index < -0.39 is 5.97 Å². The number of carbonyl (C=O) groups is 2. The van der Waals surface area contributed by atoms with Gasteiger partial charge in [0.25, 0.3) is 5.91 Å². The lowest BCUT2D eigenvalue weighted by Gasteiger charge is -2.13. The lowest BCUT2D eigenvalue weighted by molar-refractivity contribution is -0.141. The van der Waals surface area contributed by atoms with E-state index in [-0.39, 0.29) is 17.9 Å². The van der Waals surface area contributed by atoms with E-state index in [0.29, 0.717) is 30.9 Å². The summed E-state index contributed by atoms with van der Waals surface area (Å²) in [5, 5.41) is 11.9. The van der Waals surface area contributed by atoms with Crippen molar-refractivity contribution in [3.05, 3.63) is 29.8 Å². The molecular formula is C17H23NO4. The standard InChI is InChI=1S/C17H23NO4/c1-11(2)10-22-15-7-4-12(5-8-15)16(19)18-14-6-3-13(9-14)17(20)21/h4-5,7-8,11,13-14H,3,6,9-10H2,1-2H3,(H,18,19)(H,20,21)/t13-,14+/m1/s1. The Morgan fingerprint density at radius 1 is 1.27 bits per heavy atom. The fourth-order valence-electron chi connectivity index (χ4n) is 2.57. The Hall–Kier alpha value is -2.04. The van der Waals surface area contributed by atoms with Crippen molar-refractivity contribution in [3.63, 3.8) is 0 Å². The number of ether oxygens (including phenoxy) is 1. The third-order valence-corrected chi connectivity index (χ3v) is 3.82. The number of nitrogens with one attached hydrogen (secondary N) is 1. The van der Waals surface area contributed by atoms with Crippen LogP contribution in [-0.2, 0) is 4.79 Å². The monoisotopic (exact) mass is 305 g/mol. The molecule has 0 aliphatic heterocycles. The van der Waals surface area contributed by atoms with Gasteiger partial charge in [-0.25, -0.2) is 0 Å². The van der Waals surface area contributed by atoms with Gasteiger partial charge in [-0.3, -0.25) is 9.59 Å². The van der Waals surface area contributed by atoms with Crippen LogP contribution in [0.3, 0.4) is 0 Å². The Kier molecular flexibility index (Phi) is 5.41. The Morgan fingerprint density at radius 2 is 1.95 bits per heavy atom. The normalized spacial score (nSPS) is 20.9. The van der Waals surface area contributed by atoms with E-state index in [1.807, 2.05) is 0 Å². The smallest absolute Gasteiger partial charge is 0.306 e. The van der Waals surface area contributed by atoms with Crippen LogP contribution in [-0.4, -0.2) is 29.6 Å². The van der Waals surface area contributed by atoms with Crippen LogP contribution in [0.2, 0.25) is 0 Å². The van der Waals surface area contributed by atoms with Crippen LogP contribution in [0, 0.1) is 11.8 Å². The van der Waals surface area contributed by atoms with Gasteiger partial charge in [-0.15, -0.1) is 0 Å². The number of benzene rings is 1. The SMILES string of the molecule is CC(C)COc1ccc(C(=O)N[C@H]2CC[C@@H](C(=O)O)C2)cc1. The van der Waals surface area contributed by atoms with Crippen molar-refractivity contribution in [2.45, 2.75) is 39.2 Å². The molecule has 2 rings (SSSR count). The molecule has 2 N–H and O–H groups in total. The van der Waals surface area contributed by atoms with Crippen LogP contribution in [0.4, 0.5) is 0 Å². The largest absolute Gasteiger partial charge is 0.493 e. The molecule has 0 saturated heterocycles. The van der Waals surface area contributed by atoms with E-state index in [0.717, 1.165) is 12.2 Å². The number of carbonyl (C=O) groups excluding carboxylic acids is 1. The van der Waals surface area contributed by atoms with Crippen molar-refractivity contribution in [1.29, 1.82) is 0 Å². The number of hydrogen-bond acceptors (Lipinski definition) is 3. The molecule has 0 heterocycles. The van der Waals surface area contributed by atoms with Crippen molar-refractivity contribution in [2.24, 2.45) is 11.8 Å². The minimum Gasteiger partial charge on any atom is -0.493 e. The van der Waals surface area contributed by atoms with Gasteiger partial charge < -0.3 is 15.2 Å². The van der Waals surface area contributed by atoms with Crippen LogP contribution in [0.25, 0.3) is 0 Å². The average molecular weight is 305 g/mol. The minimum absolute atomic E-state index is 0.0505. The van der Waals surface area contributed by atoms with Gasteiger partial charge in [0.2, 0.25) is 0 Å². The first-order valence-corrected chi connectivity index (χ1v) is 7.72. The third-order valence-electron chi connectivity index (χ3n) is 3.82. The number of carboxylic acids is 1. The Bertz CT molecular complexity index is 524. The molecule has 1 aliphatic carbocycles. The van der Waals surface area contributed by atoms with Gasteiger partial charge in [0.1, 0.15) is 5.75 Å². The molecule has 5 nitrogen and oxygen atoms in total. The lowest BCUT2D eigenvalue weighted by Crippen LogP contribution is -2.33. The summed E-state index contributed by atoms with van der Waals surface area (Å²) in [4.78, 5) is 23.1. The highest BCUT2D eigenvalue weighted by Gasteiger charge is 2.30. The van der Waals surface area contributed by atoms with Gasteiger partial charge in [0, 0.05) is 11.6 Å². The van der Waals surface area contributed by atoms with Crippen molar-refractivity contribution in [2.75, 3.05) is 6.61 Å². The molecule has 1 saturated carbocycles. The summed E-state index contributed by atoms with van der Waals surface area (Å²) in [5.74, 6) is -0.0726. The molecule has 0 radical (unpaired) electrons. The average Bonchev–Trinajstić information content (AvgIpc) is 2.94. The number of rotatable bonds is 6. The van der Waals surface area contributed by atoms with Gasteiger partial charge >= 0.3 is 5.97 Å². The highest BCUT2D eigenvalue weighted by molar-refractivity contribution is 5.94. The van der Waals surface area contributed by atoms with Crippen molar-refractivity contribution in [1.82, 2.24) is 5.32 Å². The summed E-state index contributed by atoms with van der Waals surface area (Å²) in [7, 11) is 0. The zero-order chi connectivity index (χ0) is 16.1. The molecule has 1 amide bonds. The van der Waals surface area contributed by atoms with E-state index >= 15 is 0 Å². The van der Waals surface area contributed by atoms with Crippen molar-refractivity contribution in [3.8, 4) is 5.75 Å². The number of carboxylic acid groups (broad SMARTS) is 1. The third kappa shape index (κ3) is 4.48. The fourth-order valence-corrected chi connectivity index (χ4v) is 2.57. The summed E-state index contributed by atoms with van der Waals surface area (Å²) in [6.07, 6.45) is 1.86. The first kappa shape index (κ1) is 16.3. The first-order valence-electron chi connectivity index (χ1n) is 7.72. The van der Waals surface area contributed by atoms with E-state index in [2.05, 4.69) is 19.2 Å². The van der Waals surface area contributed by atoms with Crippen LogP contribution in [0.1, 0.15) is 43.5 Å². The second-order valence-corrected chi connectivity index (χ2v) is 6.25. The number of amides is 1. The predicted molar refractivity (Wildman–Crippen MR) is 83.0 cm³/mol. The minimum atomic E-state index is -0.775. The molecule has 1 fully saturated rings. The molecule has 1 aromatic carbocycles. The highest BCUT2D eigenvalue weighted by atomic mass is 16.5. The molecule has 0 unspecified atom stereocenters. The summed E-state index contributed by atoms with van der Waals surface area (Å²) < 4.78 is 5.58. The molecule has 1 aromatic rings. The molecular weight excluding hydrogens is 282 g/mol. The fraction of sp³-hybridized carbons (Fsp3) is 0.529. The summed E-state index contributed by atoms with van der Waals surface area (Å²) >= 11 is 0. The van der Waals surface area contributed by atoms with Gasteiger partial charge in [0.05, 0.1) is 12.5 Å². The van der Waals surface area contributed by atoms with E-state index in [1.165, 1.54) is 0 Å². The van der Waals surface area contributed by atoms with Gasteiger partial charge in [-0.05, 0) is 49.4 Å². The predicted octanol–water partition coefficient (Wildman–Crippen LogP) is 2.70.